The largest absolute Gasteiger partial charge is 0.480 e. The zero-order valence-electron chi connectivity index (χ0n) is 11.8. The van der Waals surface area contributed by atoms with E-state index in [1.54, 1.807) is 24.3 Å². The molecule has 1 aromatic rings. The van der Waals surface area contributed by atoms with E-state index in [-0.39, 0.29) is 12.3 Å². The van der Waals surface area contributed by atoms with Crippen LogP contribution in [0, 0.1) is 5.92 Å². The third kappa shape index (κ3) is 6.75. The van der Waals surface area contributed by atoms with Gasteiger partial charge in [0.05, 0.1) is 0 Å². The minimum Gasteiger partial charge on any atom is -0.480 e. The van der Waals surface area contributed by atoms with Gasteiger partial charge in [-0.15, -0.1) is 0 Å². The number of carboxylic acid groups (broad SMARTS) is 1. The van der Waals surface area contributed by atoms with Crippen molar-refractivity contribution in [3.8, 4) is 0 Å². The Morgan fingerprint density at radius 3 is 2.38 bits per heavy atom. The molecule has 116 valence electrons. The van der Waals surface area contributed by atoms with Gasteiger partial charge >= 0.3 is 5.97 Å². The maximum absolute atomic E-state index is 11.9. The second-order valence-corrected chi connectivity index (χ2v) is 7.07. The summed E-state index contributed by atoms with van der Waals surface area (Å²) in [5, 5.41) is 10.5. The fourth-order valence-corrected chi connectivity index (χ4v) is 2.78. The summed E-state index contributed by atoms with van der Waals surface area (Å²) >= 11 is 5.73. The van der Waals surface area contributed by atoms with E-state index in [1.165, 1.54) is 6.08 Å². The highest BCUT2D eigenvalue weighted by Crippen LogP contribution is 2.12. The van der Waals surface area contributed by atoms with E-state index < -0.39 is 22.0 Å². The summed E-state index contributed by atoms with van der Waals surface area (Å²) < 4.78 is 25.9. The van der Waals surface area contributed by atoms with E-state index in [2.05, 4.69) is 4.72 Å². The number of rotatable bonds is 7. The molecule has 0 radical (unpaired) electrons. The van der Waals surface area contributed by atoms with Crippen LogP contribution in [0.1, 0.15) is 25.8 Å². The van der Waals surface area contributed by atoms with Gasteiger partial charge in [0.2, 0.25) is 10.0 Å². The van der Waals surface area contributed by atoms with Crippen LogP contribution in [-0.2, 0) is 14.8 Å². The highest BCUT2D eigenvalue weighted by Gasteiger charge is 2.23. The van der Waals surface area contributed by atoms with E-state index in [0.29, 0.717) is 10.6 Å². The minimum atomic E-state index is -3.82. The molecule has 0 saturated heterocycles. The highest BCUT2D eigenvalue weighted by atomic mass is 35.5. The van der Waals surface area contributed by atoms with Gasteiger partial charge < -0.3 is 5.11 Å². The molecule has 1 aromatic carbocycles. The molecule has 5 nitrogen and oxygen atoms in total. The molecule has 1 atom stereocenters. The predicted octanol–water partition coefficient (Wildman–Crippen LogP) is 2.73. The van der Waals surface area contributed by atoms with Gasteiger partial charge in [-0.1, -0.05) is 37.6 Å². The first-order valence-corrected chi connectivity index (χ1v) is 8.31. The third-order valence-corrected chi connectivity index (χ3v) is 3.98. The molecular formula is C14H18ClNO4S. The number of hydrogen-bond acceptors (Lipinski definition) is 3. The molecule has 0 aliphatic heterocycles. The van der Waals surface area contributed by atoms with Gasteiger partial charge in [0, 0.05) is 10.4 Å². The number of hydrogen-bond donors (Lipinski definition) is 2. The number of carboxylic acids is 1. The molecule has 0 fully saturated rings. The van der Waals surface area contributed by atoms with Crippen LogP contribution in [0.3, 0.4) is 0 Å². The Morgan fingerprint density at radius 1 is 1.33 bits per heavy atom. The van der Waals surface area contributed by atoms with E-state index in [4.69, 9.17) is 16.7 Å². The lowest BCUT2D eigenvalue weighted by atomic mass is 10.1. The molecule has 0 bridgehead atoms. The second-order valence-electron chi connectivity index (χ2n) is 5.04. The van der Waals surface area contributed by atoms with Crippen molar-refractivity contribution in [2.45, 2.75) is 26.3 Å². The second kappa shape index (κ2) is 7.59. The summed E-state index contributed by atoms with van der Waals surface area (Å²) in [6.45, 7) is 3.65. The maximum Gasteiger partial charge on any atom is 0.321 e. The normalized spacial score (nSPS) is 13.7. The average Bonchev–Trinajstić information content (AvgIpc) is 2.36. The van der Waals surface area contributed by atoms with Gasteiger partial charge in [-0.3, -0.25) is 4.79 Å². The number of halogens is 1. The minimum absolute atomic E-state index is 0.0639. The number of sulfonamides is 1. The zero-order chi connectivity index (χ0) is 16.0. The number of aliphatic carboxylic acids is 1. The lowest BCUT2D eigenvalue weighted by molar-refractivity contribution is -0.139. The summed E-state index contributed by atoms with van der Waals surface area (Å²) in [5.74, 6) is -1.12. The van der Waals surface area contributed by atoms with Crippen LogP contribution in [0.2, 0.25) is 5.02 Å². The van der Waals surface area contributed by atoms with Crippen LogP contribution in [-0.4, -0.2) is 25.5 Å². The average molecular weight is 332 g/mol. The molecule has 0 unspecified atom stereocenters. The van der Waals surface area contributed by atoms with E-state index in [0.717, 1.165) is 5.41 Å². The van der Waals surface area contributed by atoms with Crippen LogP contribution in [0.5, 0.6) is 0 Å². The fourth-order valence-electron chi connectivity index (χ4n) is 1.65. The standard InChI is InChI=1S/C14H18ClNO4S/c1-10(2)9-13(14(17)18)16-21(19,20)8-7-11-3-5-12(15)6-4-11/h3-8,10,13,16H,9H2,1-2H3,(H,17,18)/t13-/m1/s1. The Labute approximate surface area is 129 Å². The molecule has 0 amide bonds. The van der Waals surface area contributed by atoms with E-state index in [1.807, 2.05) is 13.8 Å². The molecule has 0 spiro atoms. The van der Waals surface area contributed by atoms with Crippen LogP contribution in [0.4, 0.5) is 0 Å². The monoisotopic (exact) mass is 331 g/mol. The number of nitrogens with one attached hydrogen (secondary N) is 1. The Morgan fingerprint density at radius 2 is 1.90 bits per heavy atom. The van der Waals surface area contributed by atoms with Crippen molar-refractivity contribution in [3.05, 3.63) is 40.3 Å². The zero-order valence-corrected chi connectivity index (χ0v) is 13.4. The van der Waals surface area contributed by atoms with Crippen molar-refractivity contribution in [1.29, 1.82) is 0 Å². The number of carbonyl (C=O) groups is 1. The SMILES string of the molecule is CC(C)C[C@@H](NS(=O)(=O)C=Cc1ccc(Cl)cc1)C(=O)O. The summed E-state index contributed by atoms with van der Waals surface area (Å²) in [7, 11) is -3.82. The number of benzene rings is 1. The highest BCUT2D eigenvalue weighted by molar-refractivity contribution is 7.92. The van der Waals surface area contributed by atoms with E-state index in [9.17, 15) is 13.2 Å². The molecule has 7 heteroatoms. The van der Waals surface area contributed by atoms with Crippen LogP contribution >= 0.6 is 11.6 Å². The summed E-state index contributed by atoms with van der Waals surface area (Å²) in [6, 6.07) is 5.47. The van der Waals surface area contributed by atoms with Gasteiger partial charge in [-0.05, 0) is 36.1 Å². The van der Waals surface area contributed by atoms with E-state index >= 15 is 0 Å². The lowest BCUT2D eigenvalue weighted by Gasteiger charge is -2.15. The predicted molar refractivity (Wildman–Crippen MR) is 83.4 cm³/mol. The van der Waals surface area contributed by atoms with Crippen LogP contribution < -0.4 is 4.72 Å². The molecule has 0 aromatic heterocycles. The Bertz CT molecular complexity index is 608. The van der Waals surface area contributed by atoms with Crippen molar-refractivity contribution in [3.63, 3.8) is 0 Å². The topological polar surface area (TPSA) is 83.5 Å². The van der Waals surface area contributed by atoms with Crippen molar-refractivity contribution >= 4 is 33.7 Å². The van der Waals surface area contributed by atoms with Crippen molar-refractivity contribution in [2.75, 3.05) is 0 Å². The van der Waals surface area contributed by atoms with Crippen LogP contribution in [0.15, 0.2) is 29.7 Å². The molecule has 2 N–H and O–H groups in total. The molecular weight excluding hydrogens is 314 g/mol. The molecule has 0 aliphatic carbocycles. The fraction of sp³-hybridized carbons (Fsp3) is 0.357. The first-order valence-electron chi connectivity index (χ1n) is 6.38. The smallest absolute Gasteiger partial charge is 0.321 e. The Kier molecular flexibility index (Phi) is 6.39. The Hall–Kier alpha value is -1.37. The van der Waals surface area contributed by atoms with Gasteiger partial charge in [0.15, 0.2) is 0 Å². The van der Waals surface area contributed by atoms with Gasteiger partial charge in [0.25, 0.3) is 0 Å². The molecule has 1 rings (SSSR count). The molecule has 0 aliphatic rings. The maximum atomic E-state index is 11.9. The summed E-state index contributed by atoms with van der Waals surface area (Å²) in [4.78, 5) is 11.1. The summed E-state index contributed by atoms with van der Waals surface area (Å²) in [5.41, 5.74) is 0.653. The lowest BCUT2D eigenvalue weighted by Crippen LogP contribution is -2.40. The summed E-state index contributed by atoms with van der Waals surface area (Å²) in [6.07, 6.45) is 1.61. The Balaban J connectivity index is 2.80. The van der Waals surface area contributed by atoms with Crippen LogP contribution in [0.25, 0.3) is 6.08 Å². The van der Waals surface area contributed by atoms with Crippen molar-refractivity contribution in [2.24, 2.45) is 5.92 Å². The molecule has 0 heterocycles. The van der Waals surface area contributed by atoms with Gasteiger partial charge in [-0.2, -0.15) is 4.72 Å². The third-order valence-electron chi connectivity index (χ3n) is 2.62. The molecule has 21 heavy (non-hydrogen) atoms. The van der Waals surface area contributed by atoms with Gasteiger partial charge in [0.1, 0.15) is 6.04 Å². The molecule has 0 saturated carbocycles. The quantitative estimate of drug-likeness (QED) is 0.804. The first kappa shape index (κ1) is 17.7. The van der Waals surface area contributed by atoms with Gasteiger partial charge in [-0.25, -0.2) is 8.42 Å². The van der Waals surface area contributed by atoms with Crippen molar-refractivity contribution in [1.82, 2.24) is 4.72 Å². The van der Waals surface area contributed by atoms with Crippen molar-refractivity contribution < 1.29 is 18.3 Å². The first-order chi connectivity index (χ1) is 9.69.